The fraction of sp³-hybridized carbons (Fsp3) is 0.652. The number of hydrogen-bond donors (Lipinski definition) is 0. The second-order valence-electron chi connectivity index (χ2n) is 8.11. The van der Waals surface area contributed by atoms with Gasteiger partial charge in [0, 0.05) is 38.5 Å². The molecule has 2 saturated heterocycles. The number of hydrogen-bond acceptors (Lipinski definition) is 3. The highest BCUT2D eigenvalue weighted by Gasteiger charge is 2.30. The lowest BCUT2D eigenvalue weighted by molar-refractivity contribution is -0.140. The summed E-state index contributed by atoms with van der Waals surface area (Å²) >= 11 is 0. The fourth-order valence-corrected chi connectivity index (χ4v) is 4.21. The van der Waals surface area contributed by atoms with Gasteiger partial charge in [-0.15, -0.1) is 0 Å². The van der Waals surface area contributed by atoms with E-state index in [-0.39, 0.29) is 11.8 Å². The van der Waals surface area contributed by atoms with Crippen molar-refractivity contribution < 1.29 is 14.3 Å². The Morgan fingerprint density at radius 1 is 0.964 bits per heavy atom. The number of carbonyl (C=O) groups excluding carboxylic acids is 2. The highest BCUT2D eigenvalue weighted by Crippen LogP contribution is 2.22. The van der Waals surface area contributed by atoms with Crippen LogP contribution in [0.2, 0.25) is 0 Å². The van der Waals surface area contributed by atoms with E-state index in [0.29, 0.717) is 32.0 Å². The Kier molecular flexibility index (Phi) is 7.75. The van der Waals surface area contributed by atoms with Crippen molar-refractivity contribution in [1.82, 2.24) is 9.80 Å². The van der Waals surface area contributed by atoms with Gasteiger partial charge in [-0.2, -0.15) is 0 Å². The van der Waals surface area contributed by atoms with Gasteiger partial charge in [0.25, 0.3) is 0 Å². The normalized spacial score (nSPS) is 18.6. The van der Waals surface area contributed by atoms with Crippen LogP contribution in [0.15, 0.2) is 24.3 Å². The first-order chi connectivity index (χ1) is 13.6. The third kappa shape index (κ3) is 5.73. The summed E-state index contributed by atoms with van der Waals surface area (Å²) in [5.41, 5.74) is 1.12. The molecule has 2 fully saturated rings. The van der Waals surface area contributed by atoms with E-state index in [2.05, 4.69) is 4.90 Å². The predicted octanol–water partition coefficient (Wildman–Crippen LogP) is 3.80. The first-order valence-corrected chi connectivity index (χ1v) is 10.9. The Bertz CT molecular complexity index is 645. The molecule has 2 aliphatic rings. The molecule has 0 aliphatic carbocycles. The van der Waals surface area contributed by atoms with Crippen molar-refractivity contribution in [2.75, 3.05) is 32.8 Å². The summed E-state index contributed by atoms with van der Waals surface area (Å²) in [7, 11) is 0. The summed E-state index contributed by atoms with van der Waals surface area (Å²) in [4.78, 5) is 29.2. The van der Waals surface area contributed by atoms with Gasteiger partial charge in [-0.05, 0) is 50.7 Å². The molecular weight excluding hydrogens is 352 g/mol. The van der Waals surface area contributed by atoms with Crippen LogP contribution in [0, 0.1) is 12.8 Å². The van der Waals surface area contributed by atoms with Crippen LogP contribution in [-0.2, 0) is 9.59 Å². The van der Waals surface area contributed by atoms with Crippen LogP contribution in [0.1, 0.15) is 56.9 Å². The van der Waals surface area contributed by atoms with Crippen molar-refractivity contribution in [1.29, 1.82) is 0 Å². The molecule has 0 bridgehead atoms. The van der Waals surface area contributed by atoms with Gasteiger partial charge in [0.2, 0.25) is 11.8 Å². The number of aryl methyl sites for hydroxylation is 1. The summed E-state index contributed by atoms with van der Waals surface area (Å²) < 4.78 is 5.78. The Hall–Kier alpha value is -2.04. The van der Waals surface area contributed by atoms with E-state index >= 15 is 0 Å². The Morgan fingerprint density at radius 2 is 1.64 bits per heavy atom. The summed E-state index contributed by atoms with van der Waals surface area (Å²) in [6.07, 6.45) is 7.59. The minimum Gasteiger partial charge on any atom is -0.493 e. The van der Waals surface area contributed by atoms with Crippen molar-refractivity contribution in [3.8, 4) is 5.75 Å². The number of likely N-dealkylation sites (tertiary alicyclic amines) is 2. The summed E-state index contributed by atoms with van der Waals surface area (Å²) in [5, 5.41) is 0. The van der Waals surface area contributed by atoms with Crippen LogP contribution < -0.4 is 4.74 Å². The second-order valence-corrected chi connectivity index (χ2v) is 8.11. The average Bonchev–Trinajstić information content (AvgIpc) is 3.01. The van der Waals surface area contributed by atoms with Gasteiger partial charge < -0.3 is 14.5 Å². The Labute approximate surface area is 169 Å². The molecule has 0 spiro atoms. The summed E-state index contributed by atoms with van der Waals surface area (Å²) in [6, 6.07) is 7.94. The zero-order valence-electron chi connectivity index (χ0n) is 17.2. The van der Waals surface area contributed by atoms with Gasteiger partial charge in [0.05, 0.1) is 6.61 Å². The molecule has 3 rings (SSSR count). The van der Waals surface area contributed by atoms with Crippen LogP contribution in [0.4, 0.5) is 0 Å². The molecule has 1 aromatic rings. The van der Waals surface area contributed by atoms with Gasteiger partial charge in [0.1, 0.15) is 5.75 Å². The maximum absolute atomic E-state index is 12.8. The predicted molar refractivity (Wildman–Crippen MR) is 110 cm³/mol. The molecule has 0 N–H and O–H groups in total. The number of amides is 2. The smallest absolute Gasteiger partial charge is 0.225 e. The van der Waals surface area contributed by atoms with Gasteiger partial charge in [-0.25, -0.2) is 0 Å². The molecule has 0 atom stereocenters. The zero-order chi connectivity index (χ0) is 19.8. The first-order valence-electron chi connectivity index (χ1n) is 10.9. The van der Waals surface area contributed by atoms with E-state index in [0.717, 1.165) is 56.5 Å². The second kappa shape index (κ2) is 10.5. The van der Waals surface area contributed by atoms with E-state index < -0.39 is 0 Å². The first kappa shape index (κ1) is 20.7. The van der Waals surface area contributed by atoms with Gasteiger partial charge in [-0.1, -0.05) is 31.0 Å². The van der Waals surface area contributed by atoms with Gasteiger partial charge >= 0.3 is 0 Å². The average molecular weight is 387 g/mol. The van der Waals surface area contributed by atoms with E-state index in [1.807, 2.05) is 36.1 Å². The highest BCUT2D eigenvalue weighted by molar-refractivity contribution is 5.80. The minimum absolute atomic E-state index is 0.103. The zero-order valence-corrected chi connectivity index (χ0v) is 17.2. The third-order valence-electron chi connectivity index (χ3n) is 6.00. The van der Waals surface area contributed by atoms with E-state index in [4.69, 9.17) is 4.74 Å². The number of ether oxygens (including phenoxy) is 1. The standard InChI is InChI=1S/C23H34N2O3/c1-19-9-4-5-10-21(19)28-18-8-11-22(26)24-16-12-20(13-17-24)23(27)25-14-6-2-3-7-15-25/h4-5,9-10,20H,2-3,6-8,11-18H2,1H3. The van der Waals surface area contributed by atoms with Crippen LogP contribution in [0.3, 0.4) is 0 Å². The molecule has 5 heteroatoms. The maximum atomic E-state index is 12.8. The van der Waals surface area contributed by atoms with Crippen LogP contribution in [-0.4, -0.2) is 54.4 Å². The SMILES string of the molecule is Cc1ccccc1OCCCC(=O)N1CCC(C(=O)N2CCCCCC2)CC1. The lowest BCUT2D eigenvalue weighted by Crippen LogP contribution is -2.44. The number of benzene rings is 1. The lowest BCUT2D eigenvalue weighted by Gasteiger charge is -2.34. The molecule has 0 saturated carbocycles. The summed E-state index contributed by atoms with van der Waals surface area (Å²) in [6.45, 7) is 5.83. The molecule has 5 nitrogen and oxygen atoms in total. The van der Waals surface area contributed by atoms with Crippen LogP contribution in [0.5, 0.6) is 5.75 Å². The Morgan fingerprint density at radius 3 is 2.32 bits per heavy atom. The topological polar surface area (TPSA) is 49.9 Å². The lowest BCUT2D eigenvalue weighted by atomic mass is 9.95. The molecule has 2 amide bonds. The molecule has 0 radical (unpaired) electrons. The van der Waals surface area contributed by atoms with E-state index in [9.17, 15) is 9.59 Å². The number of rotatable bonds is 6. The molecule has 154 valence electrons. The van der Waals surface area contributed by atoms with E-state index in [1.165, 1.54) is 12.8 Å². The number of piperidine rings is 1. The molecule has 0 aromatic heterocycles. The third-order valence-corrected chi connectivity index (χ3v) is 6.00. The number of carbonyl (C=O) groups is 2. The quantitative estimate of drug-likeness (QED) is 0.699. The minimum atomic E-state index is 0.103. The van der Waals surface area contributed by atoms with Crippen molar-refractivity contribution in [2.24, 2.45) is 5.92 Å². The van der Waals surface area contributed by atoms with Gasteiger partial charge in [-0.3, -0.25) is 9.59 Å². The van der Waals surface area contributed by atoms with Crippen molar-refractivity contribution in [3.05, 3.63) is 29.8 Å². The van der Waals surface area contributed by atoms with Gasteiger partial charge in [0.15, 0.2) is 0 Å². The molecule has 0 unspecified atom stereocenters. The highest BCUT2D eigenvalue weighted by atomic mass is 16.5. The Balaban J connectivity index is 1.35. The van der Waals surface area contributed by atoms with E-state index in [1.54, 1.807) is 0 Å². The molecule has 1 aromatic carbocycles. The molecule has 28 heavy (non-hydrogen) atoms. The number of nitrogens with zero attached hydrogens (tertiary/aromatic N) is 2. The van der Waals surface area contributed by atoms with Crippen LogP contribution in [0.25, 0.3) is 0 Å². The maximum Gasteiger partial charge on any atom is 0.225 e. The summed E-state index contributed by atoms with van der Waals surface area (Å²) in [5.74, 6) is 1.50. The largest absolute Gasteiger partial charge is 0.493 e. The van der Waals surface area contributed by atoms with Crippen LogP contribution >= 0.6 is 0 Å². The monoisotopic (exact) mass is 386 g/mol. The fourth-order valence-electron chi connectivity index (χ4n) is 4.21. The van der Waals surface area contributed by atoms with Crippen molar-refractivity contribution in [3.63, 3.8) is 0 Å². The molecular formula is C23H34N2O3. The number of para-hydroxylation sites is 1. The molecule has 2 heterocycles. The van der Waals surface area contributed by atoms with Crippen molar-refractivity contribution in [2.45, 2.75) is 58.3 Å². The molecule has 2 aliphatic heterocycles. The van der Waals surface area contributed by atoms with Crippen molar-refractivity contribution >= 4 is 11.8 Å².